The van der Waals surface area contributed by atoms with Crippen molar-refractivity contribution in [3.8, 4) is 5.69 Å². The van der Waals surface area contributed by atoms with Crippen LogP contribution >= 0.6 is 0 Å². The highest BCUT2D eigenvalue weighted by molar-refractivity contribution is 6.00. The van der Waals surface area contributed by atoms with Gasteiger partial charge in [0.1, 0.15) is 11.3 Å². The Morgan fingerprint density at radius 1 is 1.19 bits per heavy atom. The molecule has 0 atom stereocenters. The van der Waals surface area contributed by atoms with Crippen LogP contribution in [-0.4, -0.2) is 15.5 Å². The number of amides is 1. The van der Waals surface area contributed by atoms with Gasteiger partial charge in [0.15, 0.2) is 0 Å². The Hall–Kier alpha value is -2.97. The van der Waals surface area contributed by atoms with Crippen LogP contribution in [0.1, 0.15) is 28.9 Å². The molecule has 3 heterocycles. The van der Waals surface area contributed by atoms with E-state index in [1.54, 1.807) is 6.92 Å². The number of aromatic nitrogens is 2. The minimum absolute atomic E-state index is 0.0778. The van der Waals surface area contributed by atoms with Crippen LogP contribution in [0.3, 0.4) is 0 Å². The zero-order valence-electron chi connectivity index (χ0n) is 13.9. The van der Waals surface area contributed by atoms with Crippen molar-refractivity contribution in [1.29, 1.82) is 0 Å². The van der Waals surface area contributed by atoms with Crippen molar-refractivity contribution in [2.45, 2.75) is 25.9 Å². The van der Waals surface area contributed by atoms with Crippen molar-refractivity contribution in [3.05, 3.63) is 52.8 Å². The summed E-state index contributed by atoms with van der Waals surface area (Å²) in [6.07, 6.45) is -7.53. The summed E-state index contributed by atoms with van der Waals surface area (Å²) in [7, 11) is 0. The first-order chi connectivity index (χ1) is 12.6. The Morgan fingerprint density at radius 2 is 1.93 bits per heavy atom. The van der Waals surface area contributed by atoms with Gasteiger partial charge in [-0.2, -0.15) is 13.2 Å². The fourth-order valence-corrected chi connectivity index (χ4v) is 3.33. The molecule has 0 saturated carbocycles. The molecule has 27 heavy (non-hydrogen) atoms. The molecular weight excluding hydrogens is 369 g/mol. The van der Waals surface area contributed by atoms with E-state index in [2.05, 4.69) is 10.3 Å². The average molecular weight is 381 g/mol. The number of nitrogens with zero attached hydrogens (tertiary/aromatic N) is 2. The number of carbonyl (C=O) groups excluding carboxylic acids is 1. The third-order valence-electron chi connectivity index (χ3n) is 4.47. The third kappa shape index (κ3) is 2.83. The van der Waals surface area contributed by atoms with Crippen LogP contribution in [0.2, 0.25) is 0 Å². The summed E-state index contributed by atoms with van der Waals surface area (Å²) in [5.74, 6) is -0.228. The topological polar surface area (TPSA) is 46.9 Å². The summed E-state index contributed by atoms with van der Waals surface area (Å²) < 4.78 is 67.3. The van der Waals surface area contributed by atoms with Crippen molar-refractivity contribution < 1.29 is 26.7 Å². The number of benzene rings is 1. The van der Waals surface area contributed by atoms with Crippen molar-refractivity contribution in [1.82, 2.24) is 9.55 Å². The van der Waals surface area contributed by atoms with E-state index in [1.807, 2.05) is 0 Å². The number of hydrogen-bond donors (Lipinski definition) is 1. The predicted octanol–water partition coefficient (Wildman–Crippen LogP) is 4.78. The van der Waals surface area contributed by atoms with Gasteiger partial charge in [-0.05, 0) is 48.4 Å². The van der Waals surface area contributed by atoms with Crippen molar-refractivity contribution in [3.63, 3.8) is 0 Å². The van der Waals surface area contributed by atoms with E-state index < -0.39 is 24.0 Å². The molecule has 1 amide bonds. The first kappa shape index (κ1) is 17.4. The number of aryl methyl sites for hydroxylation is 1. The van der Waals surface area contributed by atoms with Gasteiger partial charge in [0.05, 0.1) is 12.1 Å². The number of fused-ring (bicyclic) bond motifs is 2. The standard InChI is InChI=1S/C18H12F5N3O/c1-8-4-11(5-10-7-14(27)25-15(8)10)26-12(16(19)20)6-9-2-3-13(18(21,22)23)24-17(9)26/h2-6,16H,7H2,1H3,(H,25,27). The fraction of sp³-hybridized carbons (Fsp3) is 0.222. The van der Waals surface area contributed by atoms with Gasteiger partial charge in [0.2, 0.25) is 5.91 Å². The lowest BCUT2D eigenvalue weighted by Gasteiger charge is -2.14. The highest BCUT2D eigenvalue weighted by Gasteiger charge is 2.33. The Bertz CT molecular complexity index is 1080. The fourth-order valence-electron chi connectivity index (χ4n) is 3.33. The molecule has 0 radical (unpaired) electrons. The molecular formula is C18H12F5N3O. The second-order valence-corrected chi connectivity index (χ2v) is 6.33. The highest BCUT2D eigenvalue weighted by atomic mass is 19.4. The number of rotatable bonds is 2. The van der Waals surface area contributed by atoms with E-state index in [0.29, 0.717) is 16.8 Å². The van der Waals surface area contributed by atoms with Gasteiger partial charge in [0, 0.05) is 16.8 Å². The molecule has 1 aliphatic heterocycles. The van der Waals surface area contributed by atoms with Gasteiger partial charge in [-0.3, -0.25) is 9.36 Å². The Morgan fingerprint density at radius 3 is 2.59 bits per heavy atom. The van der Waals surface area contributed by atoms with Crippen molar-refractivity contribution in [2.75, 3.05) is 5.32 Å². The molecule has 1 N–H and O–H groups in total. The summed E-state index contributed by atoms with van der Waals surface area (Å²) in [6, 6.07) is 6.07. The zero-order valence-corrected chi connectivity index (χ0v) is 13.9. The van der Waals surface area contributed by atoms with Crippen molar-refractivity contribution in [2.24, 2.45) is 0 Å². The molecule has 4 rings (SSSR count). The summed E-state index contributed by atoms with van der Waals surface area (Å²) in [6.45, 7) is 1.69. The van der Waals surface area contributed by atoms with Crippen LogP contribution in [0, 0.1) is 6.92 Å². The van der Waals surface area contributed by atoms with Gasteiger partial charge in [-0.25, -0.2) is 13.8 Å². The van der Waals surface area contributed by atoms with E-state index >= 15 is 0 Å². The van der Waals surface area contributed by atoms with Gasteiger partial charge >= 0.3 is 6.18 Å². The Balaban J connectivity index is 2.00. The molecule has 3 aromatic rings. The monoisotopic (exact) mass is 381 g/mol. The van der Waals surface area contributed by atoms with Crippen LogP contribution in [0.25, 0.3) is 16.7 Å². The normalized spacial score (nSPS) is 14.1. The van der Waals surface area contributed by atoms with Gasteiger partial charge < -0.3 is 5.32 Å². The van der Waals surface area contributed by atoms with Crippen LogP contribution in [-0.2, 0) is 17.4 Å². The average Bonchev–Trinajstić information content (AvgIpc) is 3.13. The molecule has 2 aromatic heterocycles. The second-order valence-electron chi connectivity index (χ2n) is 6.33. The third-order valence-corrected chi connectivity index (χ3v) is 4.47. The number of anilines is 1. The molecule has 9 heteroatoms. The lowest BCUT2D eigenvalue weighted by Crippen LogP contribution is -2.09. The zero-order chi connectivity index (χ0) is 19.5. The van der Waals surface area contributed by atoms with E-state index in [4.69, 9.17) is 0 Å². The minimum Gasteiger partial charge on any atom is -0.325 e. The number of carbonyl (C=O) groups is 1. The van der Waals surface area contributed by atoms with E-state index in [0.717, 1.165) is 22.8 Å². The molecule has 0 aliphatic carbocycles. The van der Waals surface area contributed by atoms with Crippen molar-refractivity contribution >= 4 is 22.6 Å². The quantitative estimate of drug-likeness (QED) is 0.649. The van der Waals surface area contributed by atoms with Crippen LogP contribution in [0.15, 0.2) is 30.3 Å². The SMILES string of the molecule is Cc1cc(-n2c(C(F)F)cc3ccc(C(F)(F)F)nc32)cc2c1NC(=O)C2. The summed E-state index contributed by atoms with van der Waals surface area (Å²) in [5.41, 5.74) is 0.226. The summed E-state index contributed by atoms with van der Waals surface area (Å²) >= 11 is 0. The molecule has 0 spiro atoms. The number of alkyl halides is 5. The van der Waals surface area contributed by atoms with E-state index in [1.165, 1.54) is 12.1 Å². The number of nitrogens with one attached hydrogen (secondary N) is 1. The van der Waals surface area contributed by atoms with E-state index in [9.17, 15) is 26.7 Å². The molecule has 0 unspecified atom stereocenters. The van der Waals surface area contributed by atoms with Crippen LogP contribution < -0.4 is 5.32 Å². The van der Waals surface area contributed by atoms with E-state index in [-0.39, 0.29) is 29.0 Å². The highest BCUT2D eigenvalue weighted by Crippen LogP contribution is 2.36. The minimum atomic E-state index is -4.70. The number of halogens is 5. The summed E-state index contributed by atoms with van der Waals surface area (Å²) in [4.78, 5) is 15.2. The van der Waals surface area contributed by atoms with Gasteiger partial charge in [-0.15, -0.1) is 0 Å². The second kappa shape index (κ2) is 5.77. The molecule has 1 aliphatic rings. The predicted molar refractivity (Wildman–Crippen MR) is 88.1 cm³/mol. The van der Waals surface area contributed by atoms with Gasteiger partial charge in [-0.1, -0.05) is 0 Å². The smallest absolute Gasteiger partial charge is 0.325 e. The lowest BCUT2D eigenvalue weighted by molar-refractivity contribution is -0.141. The molecule has 0 saturated heterocycles. The molecule has 140 valence electrons. The lowest BCUT2D eigenvalue weighted by atomic mass is 10.1. The van der Waals surface area contributed by atoms with Gasteiger partial charge in [0.25, 0.3) is 6.43 Å². The molecule has 4 nitrogen and oxygen atoms in total. The maximum atomic E-state index is 13.6. The molecule has 1 aromatic carbocycles. The summed E-state index contributed by atoms with van der Waals surface area (Å²) in [5, 5.41) is 2.85. The first-order valence-corrected chi connectivity index (χ1v) is 7.96. The van der Waals surface area contributed by atoms with Crippen LogP contribution in [0.5, 0.6) is 0 Å². The molecule has 0 bridgehead atoms. The number of hydrogen-bond acceptors (Lipinski definition) is 2. The number of pyridine rings is 1. The maximum absolute atomic E-state index is 13.6. The maximum Gasteiger partial charge on any atom is 0.433 e. The Kier molecular flexibility index (Phi) is 3.72. The largest absolute Gasteiger partial charge is 0.433 e. The Labute approximate surface area is 149 Å². The molecule has 0 fully saturated rings. The first-order valence-electron chi connectivity index (χ1n) is 7.96. The van der Waals surface area contributed by atoms with Crippen LogP contribution in [0.4, 0.5) is 27.6 Å².